The molecule has 1 aromatic rings. The SMILES string of the molecule is C=C(/C=C\C=C/C)[C@@H](COCc1ccccc1)NC(=O)OC(C)(C)C. The molecule has 1 rings (SSSR count). The molecule has 1 aromatic carbocycles. The van der Waals surface area contributed by atoms with E-state index in [1.807, 2.05) is 82.3 Å². The molecule has 136 valence electrons. The number of ether oxygens (including phenoxy) is 2. The van der Waals surface area contributed by atoms with Gasteiger partial charge >= 0.3 is 6.09 Å². The van der Waals surface area contributed by atoms with Crippen molar-refractivity contribution in [2.45, 2.75) is 45.9 Å². The van der Waals surface area contributed by atoms with Gasteiger partial charge in [-0.15, -0.1) is 0 Å². The maximum absolute atomic E-state index is 12.1. The molecule has 0 saturated heterocycles. The monoisotopic (exact) mass is 343 g/mol. The van der Waals surface area contributed by atoms with E-state index in [9.17, 15) is 4.79 Å². The summed E-state index contributed by atoms with van der Waals surface area (Å²) in [5.74, 6) is 0. The minimum Gasteiger partial charge on any atom is -0.444 e. The minimum atomic E-state index is -0.554. The van der Waals surface area contributed by atoms with Gasteiger partial charge < -0.3 is 14.8 Å². The van der Waals surface area contributed by atoms with Crippen LogP contribution in [-0.2, 0) is 16.1 Å². The summed E-state index contributed by atoms with van der Waals surface area (Å²) in [6, 6.07) is 9.53. The average Bonchev–Trinajstić information content (AvgIpc) is 2.53. The number of amides is 1. The van der Waals surface area contributed by atoms with Gasteiger partial charge in [-0.1, -0.05) is 61.2 Å². The third-order valence-corrected chi connectivity index (χ3v) is 3.15. The van der Waals surface area contributed by atoms with Crippen LogP contribution in [0.15, 0.2) is 66.8 Å². The van der Waals surface area contributed by atoms with E-state index in [1.165, 1.54) is 0 Å². The first-order chi connectivity index (χ1) is 11.8. The lowest BCUT2D eigenvalue weighted by molar-refractivity contribution is 0.0454. The zero-order valence-electron chi connectivity index (χ0n) is 15.6. The van der Waals surface area contributed by atoms with Crippen molar-refractivity contribution in [1.29, 1.82) is 0 Å². The number of carbonyl (C=O) groups excluding carboxylic acids is 1. The van der Waals surface area contributed by atoms with Crippen LogP contribution < -0.4 is 5.32 Å². The van der Waals surface area contributed by atoms with E-state index in [0.29, 0.717) is 13.2 Å². The smallest absolute Gasteiger partial charge is 0.408 e. The summed E-state index contributed by atoms with van der Waals surface area (Å²) in [5, 5.41) is 2.83. The van der Waals surface area contributed by atoms with Crippen molar-refractivity contribution < 1.29 is 14.3 Å². The Morgan fingerprint density at radius 1 is 1.24 bits per heavy atom. The van der Waals surface area contributed by atoms with Gasteiger partial charge in [0.2, 0.25) is 0 Å². The Labute approximate surface area is 151 Å². The van der Waals surface area contributed by atoms with Gasteiger partial charge in [-0.3, -0.25) is 0 Å². The fourth-order valence-corrected chi connectivity index (χ4v) is 1.97. The Morgan fingerprint density at radius 2 is 1.92 bits per heavy atom. The van der Waals surface area contributed by atoms with Crippen molar-refractivity contribution in [3.63, 3.8) is 0 Å². The molecule has 0 aliphatic carbocycles. The predicted molar refractivity (Wildman–Crippen MR) is 102 cm³/mol. The van der Waals surface area contributed by atoms with Crippen LogP contribution >= 0.6 is 0 Å². The lowest BCUT2D eigenvalue weighted by Gasteiger charge is -2.24. The number of carbonyl (C=O) groups is 1. The molecule has 0 aliphatic rings. The summed E-state index contributed by atoms with van der Waals surface area (Å²) < 4.78 is 11.1. The first-order valence-electron chi connectivity index (χ1n) is 8.41. The summed E-state index contributed by atoms with van der Waals surface area (Å²) >= 11 is 0. The molecule has 1 atom stereocenters. The molecule has 4 nitrogen and oxygen atoms in total. The molecule has 0 aromatic heterocycles. The van der Waals surface area contributed by atoms with Gasteiger partial charge in [-0.2, -0.15) is 0 Å². The van der Waals surface area contributed by atoms with E-state index < -0.39 is 11.7 Å². The average molecular weight is 343 g/mol. The molecule has 25 heavy (non-hydrogen) atoms. The Bertz CT molecular complexity index is 597. The Balaban J connectivity index is 2.66. The summed E-state index contributed by atoms with van der Waals surface area (Å²) in [4.78, 5) is 12.1. The van der Waals surface area contributed by atoms with Gasteiger partial charge in [0.05, 0.1) is 19.3 Å². The highest BCUT2D eigenvalue weighted by Crippen LogP contribution is 2.10. The second-order valence-electron chi connectivity index (χ2n) is 6.66. The van der Waals surface area contributed by atoms with Crippen LogP contribution in [-0.4, -0.2) is 24.3 Å². The zero-order valence-corrected chi connectivity index (χ0v) is 15.6. The van der Waals surface area contributed by atoms with Gasteiger partial charge in [0.25, 0.3) is 0 Å². The number of benzene rings is 1. The number of rotatable bonds is 8. The summed E-state index contributed by atoms with van der Waals surface area (Å²) in [6.07, 6.45) is 7.07. The molecular weight excluding hydrogens is 314 g/mol. The summed E-state index contributed by atoms with van der Waals surface area (Å²) in [5.41, 5.74) is 1.27. The van der Waals surface area contributed by atoms with Gasteiger partial charge in [0.1, 0.15) is 5.60 Å². The molecule has 0 heterocycles. The second kappa shape index (κ2) is 10.5. The highest BCUT2D eigenvalue weighted by molar-refractivity contribution is 5.68. The normalized spacial score (nSPS) is 13.1. The molecule has 0 radical (unpaired) electrons. The van der Waals surface area contributed by atoms with Crippen LogP contribution in [0.1, 0.15) is 33.3 Å². The molecule has 1 amide bonds. The molecule has 0 unspecified atom stereocenters. The van der Waals surface area contributed by atoms with E-state index in [0.717, 1.165) is 11.1 Å². The fourth-order valence-electron chi connectivity index (χ4n) is 1.97. The van der Waals surface area contributed by atoms with Crippen molar-refractivity contribution >= 4 is 6.09 Å². The second-order valence-corrected chi connectivity index (χ2v) is 6.66. The van der Waals surface area contributed by atoms with Crippen molar-refractivity contribution in [1.82, 2.24) is 5.32 Å². The summed E-state index contributed by atoms with van der Waals surface area (Å²) in [7, 11) is 0. The van der Waals surface area contributed by atoms with Gasteiger partial charge in [0, 0.05) is 0 Å². The van der Waals surface area contributed by atoms with Crippen molar-refractivity contribution in [3.05, 3.63) is 72.4 Å². The van der Waals surface area contributed by atoms with Crippen molar-refractivity contribution in [2.75, 3.05) is 6.61 Å². The maximum atomic E-state index is 12.1. The van der Waals surface area contributed by atoms with Crippen molar-refractivity contribution in [3.8, 4) is 0 Å². The number of hydrogen-bond donors (Lipinski definition) is 1. The number of nitrogens with one attached hydrogen (secondary N) is 1. The predicted octanol–water partition coefficient (Wildman–Crippen LogP) is 4.79. The number of hydrogen-bond acceptors (Lipinski definition) is 3. The highest BCUT2D eigenvalue weighted by atomic mass is 16.6. The van der Waals surface area contributed by atoms with Crippen LogP contribution in [0.4, 0.5) is 4.79 Å². The molecule has 0 bridgehead atoms. The largest absolute Gasteiger partial charge is 0.444 e. The van der Waals surface area contributed by atoms with E-state index >= 15 is 0 Å². The quantitative estimate of drug-likeness (QED) is 0.691. The molecule has 4 heteroatoms. The third kappa shape index (κ3) is 9.52. The first kappa shape index (κ1) is 20.7. The summed E-state index contributed by atoms with van der Waals surface area (Å²) in [6.45, 7) is 12.2. The van der Waals surface area contributed by atoms with E-state index in [2.05, 4.69) is 11.9 Å². The zero-order chi connectivity index (χ0) is 18.7. The third-order valence-electron chi connectivity index (χ3n) is 3.15. The lowest BCUT2D eigenvalue weighted by atomic mass is 10.1. The Morgan fingerprint density at radius 3 is 2.52 bits per heavy atom. The number of alkyl carbamates (subject to hydrolysis) is 1. The lowest BCUT2D eigenvalue weighted by Crippen LogP contribution is -2.42. The van der Waals surface area contributed by atoms with Gasteiger partial charge in [-0.05, 0) is 38.8 Å². The molecular formula is C21H29NO3. The molecule has 0 saturated carbocycles. The van der Waals surface area contributed by atoms with E-state index in [1.54, 1.807) is 0 Å². The molecule has 0 spiro atoms. The standard InChI is InChI=1S/C21H29NO3/c1-6-7-9-12-17(2)19(22-20(23)25-21(3,4)5)16-24-15-18-13-10-8-11-14-18/h6-14,19H,2,15-16H2,1,3-5H3,(H,22,23)/b7-6-,12-9-/t19-/m1/s1. The van der Waals surface area contributed by atoms with Crippen LogP contribution in [0.25, 0.3) is 0 Å². The van der Waals surface area contributed by atoms with E-state index in [4.69, 9.17) is 9.47 Å². The van der Waals surface area contributed by atoms with Crippen LogP contribution in [0.2, 0.25) is 0 Å². The molecule has 0 aliphatic heterocycles. The minimum absolute atomic E-state index is 0.313. The van der Waals surface area contributed by atoms with Gasteiger partial charge in [-0.25, -0.2) is 4.79 Å². The maximum Gasteiger partial charge on any atom is 0.408 e. The Kier molecular flexibility index (Phi) is 8.71. The fraction of sp³-hybridized carbons (Fsp3) is 0.381. The topological polar surface area (TPSA) is 47.6 Å². The van der Waals surface area contributed by atoms with Gasteiger partial charge in [0.15, 0.2) is 0 Å². The molecule has 1 N–H and O–H groups in total. The van der Waals surface area contributed by atoms with Crippen LogP contribution in [0, 0.1) is 0 Å². The van der Waals surface area contributed by atoms with Crippen LogP contribution in [0.3, 0.4) is 0 Å². The first-order valence-corrected chi connectivity index (χ1v) is 8.41. The van der Waals surface area contributed by atoms with E-state index in [-0.39, 0.29) is 6.04 Å². The Hall–Kier alpha value is -2.33. The number of allylic oxidation sites excluding steroid dienone is 3. The van der Waals surface area contributed by atoms with Crippen LogP contribution in [0.5, 0.6) is 0 Å². The highest BCUT2D eigenvalue weighted by Gasteiger charge is 2.20. The molecule has 0 fully saturated rings. The van der Waals surface area contributed by atoms with Crippen molar-refractivity contribution in [2.24, 2.45) is 0 Å².